The van der Waals surface area contributed by atoms with E-state index in [2.05, 4.69) is 15.6 Å². The molecule has 3 rings (SSSR count). The third-order valence-corrected chi connectivity index (χ3v) is 3.91. The van der Waals surface area contributed by atoms with Gasteiger partial charge in [0.15, 0.2) is 11.6 Å². The molecule has 29 heavy (non-hydrogen) atoms. The van der Waals surface area contributed by atoms with Crippen molar-refractivity contribution >= 4 is 23.5 Å². The minimum atomic E-state index is -0.551. The summed E-state index contributed by atoms with van der Waals surface area (Å²) in [5.41, 5.74) is 1.60. The number of para-hydroxylation sites is 1. The van der Waals surface area contributed by atoms with Gasteiger partial charge < -0.3 is 14.8 Å². The minimum Gasteiger partial charge on any atom is -0.485 e. The zero-order valence-electron chi connectivity index (χ0n) is 15.9. The SMILES string of the molecule is CCOC(=O)c1ccccc1NC(=O)Nc1ncccc1OCc1ccccc1. The Morgan fingerprint density at radius 2 is 1.69 bits per heavy atom. The van der Waals surface area contributed by atoms with Crippen LogP contribution in [0.5, 0.6) is 5.75 Å². The summed E-state index contributed by atoms with van der Waals surface area (Å²) < 4.78 is 10.8. The van der Waals surface area contributed by atoms with Gasteiger partial charge in [-0.15, -0.1) is 0 Å². The van der Waals surface area contributed by atoms with E-state index in [1.807, 2.05) is 30.3 Å². The lowest BCUT2D eigenvalue weighted by Crippen LogP contribution is -2.22. The van der Waals surface area contributed by atoms with E-state index < -0.39 is 12.0 Å². The van der Waals surface area contributed by atoms with Crippen molar-refractivity contribution in [1.29, 1.82) is 0 Å². The molecule has 2 aromatic carbocycles. The van der Waals surface area contributed by atoms with Crippen molar-refractivity contribution in [3.05, 3.63) is 84.1 Å². The number of nitrogens with zero attached hydrogens (tertiary/aromatic N) is 1. The molecule has 3 aromatic rings. The molecule has 1 aromatic heterocycles. The second kappa shape index (κ2) is 9.89. The number of esters is 1. The maximum atomic E-state index is 12.5. The molecule has 0 bridgehead atoms. The van der Waals surface area contributed by atoms with E-state index in [0.29, 0.717) is 18.0 Å². The van der Waals surface area contributed by atoms with Crippen molar-refractivity contribution in [2.24, 2.45) is 0 Å². The number of pyridine rings is 1. The summed E-state index contributed by atoms with van der Waals surface area (Å²) in [6.07, 6.45) is 1.55. The Hall–Kier alpha value is -3.87. The molecule has 0 unspecified atom stereocenters. The van der Waals surface area contributed by atoms with Crippen LogP contribution in [0.25, 0.3) is 0 Å². The maximum absolute atomic E-state index is 12.5. The van der Waals surface area contributed by atoms with Crippen LogP contribution in [-0.4, -0.2) is 23.6 Å². The van der Waals surface area contributed by atoms with Crippen LogP contribution in [0.1, 0.15) is 22.8 Å². The summed E-state index contributed by atoms with van der Waals surface area (Å²) >= 11 is 0. The number of carbonyl (C=O) groups excluding carboxylic acids is 2. The van der Waals surface area contributed by atoms with Crippen molar-refractivity contribution < 1.29 is 19.1 Å². The quantitative estimate of drug-likeness (QED) is 0.580. The Bertz CT molecular complexity index is 977. The molecule has 2 N–H and O–H groups in total. The molecule has 7 nitrogen and oxygen atoms in total. The average molecular weight is 391 g/mol. The highest BCUT2D eigenvalue weighted by atomic mass is 16.5. The lowest BCUT2D eigenvalue weighted by Gasteiger charge is -2.13. The van der Waals surface area contributed by atoms with Gasteiger partial charge in [-0.05, 0) is 36.8 Å². The third-order valence-electron chi connectivity index (χ3n) is 3.91. The first-order valence-corrected chi connectivity index (χ1v) is 9.13. The fraction of sp³-hybridized carbons (Fsp3) is 0.136. The summed E-state index contributed by atoms with van der Waals surface area (Å²) in [4.78, 5) is 28.7. The normalized spacial score (nSPS) is 10.1. The zero-order chi connectivity index (χ0) is 20.5. The van der Waals surface area contributed by atoms with Gasteiger partial charge in [0.25, 0.3) is 0 Å². The van der Waals surface area contributed by atoms with Gasteiger partial charge in [-0.1, -0.05) is 42.5 Å². The first-order chi connectivity index (χ1) is 14.2. The number of benzene rings is 2. The van der Waals surface area contributed by atoms with Gasteiger partial charge in [-0.3, -0.25) is 5.32 Å². The molecule has 0 saturated heterocycles. The van der Waals surface area contributed by atoms with Gasteiger partial charge in [0.05, 0.1) is 17.9 Å². The standard InChI is InChI=1S/C22H21N3O4/c1-2-28-21(26)17-11-6-7-12-18(17)24-22(27)25-20-19(13-8-14-23-20)29-15-16-9-4-3-5-10-16/h3-14H,2,15H2,1H3,(H2,23,24,25,27). The van der Waals surface area contributed by atoms with Gasteiger partial charge in [-0.2, -0.15) is 0 Å². The summed E-state index contributed by atoms with van der Waals surface area (Å²) in [6.45, 7) is 2.31. The Kier molecular flexibility index (Phi) is 6.78. The van der Waals surface area contributed by atoms with Crippen molar-refractivity contribution in [3.63, 3.8) is 0 Å². The van der Waals surface area contributed by atoms with Gasteiger partial charge in [-0.25, -0.2) is 14.6 Å². The number of amides is 2. The summed E-state index contributed by atoms with van der Waals surface area (Å²) in [5, 5.41) is 5.31. The van der Waals surface area contributed by atoms with Crippen LogP contribution >= 0.6 is 0 Å². The van der Waals surface area contributed by atoms with Crippen LogP contribution in [0.15, 0.2) is 72.9 Å². The van der Waals surface area contributed by atoms with Gasteiger partial charge >= 0.3 is 12.0 Å². The van der Waals surface area contributed by atoms with E-state index in [1.54, 1.807) is 49.5 Å². The number of nitrogens with one attached hydrogen (secondary N) is 2. The molecule has 0 aliphatic rings. The number of hydrogen-bond acceptors (Lipinski definition) is 5. The van der Waals surface area contributed by atoms with Crippen molar-refractivity contribution in [2.45, 2.75) is 13.5 Å². The molecule has 2 amide bonds. The topological polar surface area (TPSA) is 89.5 Å². The second-order valence-corrected chi connectivity index (χ2v) is 5.97. The fourth-order valence-electron chi connectivity index (χ4n) is 2.58. The molecule has 0 fully saturated rings. The molecular formula is C22H21N3O4. The number of ether oxygens (including phenoxy) is 2. The molecule has 1 heterocycles. The van der Waals surface area contributed by atoms with Crippen LogP contribution < -0.4 is 15.4 Å². The Labute approximate surface area is 168 Å². The average Bonchev–Trinajstić information content (AvgIpc) is 2.74. The number of urea groups is 1. The smallest absolute Gasteiger partial charge is 0.340 e. The minimum absolute atomic E-state index is 0.245. The molecular weight excluding hydrogens is 370 g/mol. The Morgan fingerprint density at radius 3 is 2.48 bits per heavy atom. The van der Waals surface area contributed by atoms with Gasteiger partial charge in [0.1, 0.15) is 6.61 Å². The predicted molar refractivity (Wildman–Crippen MR) is 110 cm³/mol. The predicted octanol–water partition coefficient (Wildman–Crippen LogP) is 4.48. The fourth-order valence-corrected chi connectivity index (χ4v) is 2.58. The van der Waals surface area contributed by atoms with E-state index >= 15 is 0 Å². The van der Waals surface area contributed by atoms with Crippen molar-refractivity contribution in [2.75, 3.05) is 17.2 Å². The van der Waals surface area contributed by atoms with Crippen molar-refractivity contribution in [3.8, 4) is 5.75 Å². The van der Waals surface area contributed by atoms with Gasteiger partial charge in [0, 0.05) is 6.20 Å². The summed E-state index contributed by atoms with van der Waals surface area (Å²) in [6, 6.07) is 19.2. The zero-order valence-corrected chi connectivity index (χ0v) is 15.9. The highest BCUT2D eigenvalue weighted by Crippen LogP contribution is 2.23. The summed E-state index contributed by atoms with van der Waals surface area (Å²) in [7, 11) is 0. The molecule has 0 spiro atoms. The van der Waals surface area contributed by atoms with E-state index in [9.17, 15) is 9.59 Å². The molecule has 148 valence electrons. The first kappa shape index (κ1) is 19.9. The number of aromatic nitrogens is 1. The van der Waals surface area contributed by atoms with Crippen LogP contribution in [-0.2, 0) is 11.3 Å². The van der Waals surface area contributed by atoms with E-state index in [-0.39, 0.29) is 18.0 Å². The molecule has 0 atom stereocenters. The van der Waals surface area contributed by atoms with Crippen LogP contribution in [0, 0.1) is 0 Å². The lowest BCUT2D eigenvalue weighted by atomic mass is 10.2. The van der Waals surface area contributed by atoms with Crippen LogP contribution in [0.2, 0.25) is 0 Å². The molecule has 0 aliphatic carbocycles. The van der Waals surface area contributed by atoms with Crippen LogP contribution in [0.3, 0.4) is 0 Å². The molecule has 7 heteroatoms. The third kappa shape index (κ3) is 5.55. The number of hydrogen-bond donors (Lipinski definition) is 2. The second-order valence-electron chi connectivity index (χ2n) is 5.97. The van der Waals surface area contributed by atoms with E-state index in [1.165, 1.54) is 0 Å². The number of rotatable bonds is 7. The van der Waals surface area contributed by atoms with Gasteiger partial charge in [0.2, 0.25) is 0 Å². The summed E-state index contributed by atoms with van der Waals surface area (Å²) in [5.74, 6) is 0.202. The highest BCUT2D eigenvalue weighted by Gasteiger charge is 2.15. The number of carbonyl (C=O) groups is 2. The lowest BCUT2D eigenvalue weighted by molar-refractivity contribution is 0.0527. The Balaban J connectivity index is 1.68. The maximum Gasteiger partial charge on any atom is 0.340 e. The first-order valence-electron chi connectivity index (χ1n) is 9.13. The van der Waals surface area contributed by atoms with E-state index in [0.717, 1.165) is 5.56 Å². The largest absolute Gasteiger partial charge is 0.485 e. The molecule has 0 saturated carbocycles. The Morgan fingerprint density at radius 1 is 0.931 bits per heavy atom. The van der Waals surface area contributed by atoms with E-state index in [4.69, 9.17) is 9.47 Å². The van der Waals surface area contributed by atoms with Crippen LogP contribution in [0.4, 0.5) is 16.3 Å². The highest BCUT2D eigenvalue weighted by molar-refractivity contribution is 6.05. The molecule has 0 aliphatic heterocycles. The monoisotopic (exact) mass is 391 g/mol. The van der Waals surface area contributed by atoms with Crippen molar-refractivity contribution in [1.82, 2.24) is 4.98 Å². The number of anilines is 2. The molecule has 0 radical (unpaired) electrons.